The van der Waals surface area contributed by atoms with E-state index in [4.69, 9.17) is 5.11 Å². The molecule has 11 heavy (non-hydrogen) atoms. The van der Waals surface area contributed by atoms with Gasteiger partial charge in [0.25, 0.3) is 0 Å². The largest absolute Gasteiger partial charge is 0.394 e. The van der Waals surface area contributed by atoms with Crippen LogP contribution in [0.25, 0.3) is 0 Å². The van der Waals surface area contributed by atoms with E-state index in [-0.39, 0.29) is 12.6 Å². The predicted octanol–water partition coefficient (Wildman–Crippen LogP) is 0.874. The number of anilines is 1. The highest BCUT2D eigenvalue weighted by Gasteiger charge is 1.97. The number of aliphatic hydroxyl groups is 1. The van der Waals surface area contributed by atoms with Crippen molar-refractivity contribution in [3.63, 3.8) is 0 Å². The molecule has 0 saturated heterocycles. The van der Waals surface area contributed by atoms with E-state index in [0.29, 0.717) is 0 Å². The summed E-state index contributed by atoms with van der Waals surface area (Å²) in [5.74, 6) is 0. The second kappa shape index (κ2) is 3.93. The van der Waals surface area contributed by atoms with E-state index in [1.165, 1.54) is 0 Å². The molecule has 0 bridgehead atoms. The fourth-order valence-corrected chi connectivity index (χ4v) is 0.778. The van der Waals surface area contributed by atoms with E-state index in [1.54, 1.807) is 12.4 Å². The lowest BCUT2D eigenvalue weighted by molar-refractivity contribution is 0.281. The molecule has 3 heteroatoms. The Hall–Kier alpha value is -1.09. The summed E-state index contributed by atoms with van der Waals surface area (Å²) >= 11 is 0. The molecular weight excluding hydrogens is 140 g/mol. The van der Waals surface area contributed by atoms with Crippen molar-refractivity contribution in [2.45, 2.75) is 13.0 Å². The van der Waals surface area contributed by atoms with E-state index >= 15 is 0 Å². The lowest BCUT2D eigenvalue weighted by Gasteiger charge is -2.10. The number of hydrogen-bond acceptors (Lipinski definition) is 3. The van der Waals surface area contributed by atoms with Gasteiger partial charge in [0.1, 0.15) is 0 Å². The lowest BCUT2D eigenvalue weighted by atomic mass is 10.3. The van der Waals surface area contributed by atoms with Crippen LogP contribution in [-0.2, 0) is 0 Å². The van der Waals surface area contributed by atoms with Gasteiger partial charge in [-0.1, -0.05) is 0 Å². The van der Waals surface area contributed by atoms with E-state index in [9.17, 15) is 0 Å². The van der Waals surface area contributed by atoms with E-state index in [0.717, 1.165) is 5.69 Å². The van der Waals surface area contributed by atoms with Crippen LogP contribution >= 0.6 is 0 Å². The van der Waals surface area contributed by atoms with Crippen LogP contribution in [0.2, 0.25) is 0 Å². The zero-order chi connectivity index (χ0) is 8.10. The van der Waals surface area contributed by atoms with Gasteiger partial charge in [-0.3, -0.25) is 4.98 Å². The second-order valence-corrected chi connectivity index (χ2v) is 2.46. The van der Waals surface area contributed by atoms with E-state index in [1.807, 2.05) is 19.1 Å². The maximum absolute atomic E-state index is 8.72. The van der Waals surface area contributed by atoms with Crippen LogP contribution in [0.5, 0.6) is 0 Å². The number of nitrogens with one attached hydrogen (secondary N) is 1. The molecule has 1 unspecified atom stereocenters. The van der Waals surface area contributed by atoms with Crippen LogP contribution in [-0.4, -0.2) is 22.7 Å². The standard InChI is InChI=1S/C8H12N2O/c1-7(6-11)10-8-2-4-9-5-3-8/h2-5,7,11H,6H2,1H3,(H,9,10). The molecule has 1 heterocycles. The van der Waals surface area contributed by atoms with Gasteiger partial charge in [0.2, 0.25) is 0 Å². The molecule has 0 amide bonds. The third-order valence-electron chi connectivity index (χ3n) is 1.37. The zero-order valence-corrected chi connectivity index (χ0v) is 6.49. The quantitative estimate of drug-likeness (QED) is 0.675. The summed E-state index contributed by atoms with van der Waals surface area (Å²) in [5.41, 5.74) is 0.988. The molecule has 1 aromatic rings. The molecule has 1 rings (SSSR count). The topological polar surface area (TPSA) is 45.1 Å². The number of aromatic nitrogens is 1. The Labute approximate surface area is 66.1 Å². The van der Waals surface area contributed by atoms with Gasteiger partial charge in [0.05, 0.1) is 6.61 Å². The fraction of sp³-hybridized carbons (Fsp3) is 0.375. The van der Waals surface area contributed by atoms with Crippen LogP contribution in [0.3, 0.4) is 0 Å². The fourth-order valence-electron chi connectivity index (χ4n) is 0.778. The molecule has 0 aliphatic heterocycles. The summed E-state index contributed by atoms with van der Waals surface area (Å²) < 4.78 is 0. The maximum Gasteiger partial charge on any atom is 0.0630 e. The minimum absolute atomic E-state index is 0.0948. The van der Waals surface area contributed by atoms with Gasteiger partial charge in [-0.05, 0) is 19.1 Å². The molecule has 0 radical (unpaired) electrons. The number of pyridine rings is 1. The minimum atomic E-state index is 0.0948. The molecule has 0 aliphatic rings. The summed E-state index contributed by atoms with van der Waals surface area (Å²) in [6.07, 6.45) is 3.43. The number of rotatable bonds is 3. The van der Waals surface area contributed by atoms with Crippen LogP contribution in [0.1, 0.15) is 6.92 Å². The molecule has 60 valence electrons. The van der Waals surface area contributed by atoms with Gasteiger partial charge in [0, 0.05) is 24.1 Å². The first-order chi connectivity index (χ1) is 5.33. The van der Waals surface area contributed by atoms with Crippen LogP contribution in [0.4, 0.5) is 5.69 Å². The Kier molecular flexibility index (Phi) is 2.86. The highest BCUT2D eigenvalue weighted by molar-refractivity contribution is 5.41. The Morgan fingerprint density at radius 1 is 1.55 bits per heavy atom. The SMILES string of the molecule is CC(CO)Nc1ccncc1. The minimum Gasteiger partial charge on any atom is -0.394 e. The van der Waals surface area contributed by atoms with Gasteiger partial charge >= 0.3 is 0 Å². The Morgan fingerprint density at radius 2 is 2.18 bits per heavy atom. The van der Waals surface area contributed by atoms with Gasteiger partial charge in [-0.15, -0.1) is 0 Å². The van der Waals surface area contributed by atoms with E-state index in [2.05, 4.69) is 10.3 Å². The van der Waals surface area contributed by atoms with Crippen molar-refractivity contribution in [3.8, 4) is 0 Å². The van der Waals surface area contributed by atoms with E-state index < -0.39 is 0 Å². The van der Waals surface area contributed by atoms with Crippen LogP contribution < -0.4 is 5.32 Å². The predicted molar refractivity (Wildman–Crippen MR) is 44.4 cm³/mol. The van der Waals surface area contributed by atoms with Gasteiger partial charge in [0.15, 0.2) is 0 Å². The smallest absolute Gasteiger partial charge is 0.0630 e. The van der Waals surface area contributed by atoms with Crippen molar-refractivity contribution < 1.29 is 5.11 Å². The zero-order valence-electron chi connectivity index (χ0n) is 6.49. The van der Waals surface area contributed by atoms with Crippen molar-refractivity contribution in [3.05, 3.63) is 24.5 Å². The summed E-state index contributed by atoms with van der Waals surface area (Å²) in [6, 6.07) is 3.83. The highest BCUT2D eigenvalue weighted by atomic mass is 16.3. The molecular formula is C8H12N2O. The number of hydrogen-bond donors (Lipinski definition) is 2. The maximum atomic E-state index is 8.72. The second-order valence-electron chi connectivity index (χ2n) is 2.46. The molecule has 3 nitrogen and oxygen atoms in total. The molecule has 2 N–H and O–H groups in total. The average Bonchev–Trinajstić information content (AvgIpc) is 2.06. The first-order valence-electron chi connectivity index (χ1n) is 3.60. The Balaban J connectivity index is 2.51. The Morgan fingerprint density at radius 3 is 2.73 bits per heavy atom. The first kappa shape index (κ1) is 8.01. The summed E-state index contributed by atoms with van der Waals surface area (Å²) in [7, 11) is 0. The van der Waals surface area contributed by atoms with Gasteiger partial charge in [-0.25, -0.2) is 0 Å². The molecule has 1 aromatic heterocycles. The van der Waals surface area contributed by atoms with Crippen molar-refractivity contribution in [1.29, 1.82) is 0 Å². The molecule has 0 spiro atoms. The number of aliphatic hydroxyl groups excluding tert-OH is 1. The van der Waals surface area contributed by atoms with Crippen LogP contribution in [0, 0.1) is 0 Å². The summed E-state index contributed by atoms with van der Waals surface area (Å²) in [5, 5.41) is 11.8. The van der Waals surface area contributed by atoms with Crippen molar-refractivity contribution in [1.82, 2.24) is 4.98 Å². The van der Waals surface area contributed by atoms with Gasteiger partial charge in [-0.2, -0.15) is 0 Å². The molecule has 0 fully saturated rings. The third kappa shape index (κ3) is 2.55. The number of nitrogens with zero attached hydrogens (tertiary/aromatic N) is 1. The lowest BCUT2D eigenvalue weighted by Crippen LogP contribution is -2.18. The molecule has 0 aliphatic carbocycles. The van der Waals surface area contributed by atoms with Crippen molar-refractivity contribution >= 4 is 5.69 Å². The average molecular weight is 152 g/mol. The highest BCUT2D eigenvalue weighted by Crippen LogP contribution is 2.04. The van der Waals surface area contributed by atoms with Crippen molar-refractivity contribution in [2.24, 2.45) is 0 Å². The van der Waals surface area contributed by atoms with Crippen LogP contribution in [0.15, 0.2) is 24.5 Å². The first-order valence-corrected chi connectivity index (χ1v) is 3.60. The molecule has 0 saturated carbocycles. The molecule has 1 atom stereocenters. The Bertz CT molecular complexity index is 201. The molecule has 0 aromatic carbocycles. The third-order valence-corrected chi connectivity index (χ3v) is 1.37. The summed E-state index contributed by atoms with van der Waals surface area (Å²) in [4.78, 5) is 3.88. The van der Waals surface area contributed by atoms with Gasteiger partial charge < -0.3 is 10.4 Å². The normalized spacial score (nSPS) is 12.5. The van der Waals surface area contributed by atoms with Crippen molar-refractivity contribution in [2.75, 3.05) is 11.9 Å². The summed E-state index contributed by atoms with van der Waals surface area (Å²) in [6.45, 7) is 2.06. The monoisotopic (exact) mass is 152 g/mol.